The van der Waals surface area contributed by atoms with Gasteiger partial charge in [-0.25, -0.2) is 4.98 Å². The van der Waals surface area contributed by atoms with Crippen LogP contribution in [0.15, 0.2) is 24.3 Å². The molecule has 20 heavy (non-hydrogen) atoms. The highest BCUT2D eigenvalue weighted by atomic mass is 16.5. The second-order valence-corrected chi connectivity index (χ2v) is 4.87. The fourth-order valence-electron chi connectivity index (χ4n) is 2.27. The maximum Gasteiger partial charge on any atom is 0.227 e. The Morgan fingerprint density at radius 1 is 1.50 bits per heavy atom. The molecular formula is C14H16N4O2. The van der Waals surface area contributed by atoms with Gasteiger partial charge in [0.05, 0.1) is 12.5 Å². The highest BCUT2D eigenvalue weighted by Gasteiger charge is 2.25. The van der Waals surface area contributed by atoms with Crippen molar-refractivity contribution in [2.24, 2.45) is 5.92 Å². The van der Waals surface area contributed by atoms with E-state index >= 15 is 0 Å². The summed E-state index contributed by atoms with van der Waals surface area (Å²) in [7, 11) is 0. The maximum atomic E-state index is 12.1. The number of aromatic amines is 1. The number of hydrogen-bond acceptors (Lipinski definition) is 4. The van der Waals surface area contributed by atoms with Crippen molar-refractivity contribution in [1.29, 1.82) is 0 Å². The molecule has 0 saturated heterocycles. The minimum Gasteiger partial charge on any atom is -0.492 e. The van der Waals surface area contributed by atoms with Crippen molar-refractivity contribution in [3.8, 4) is 5.75 Å². The third-order valence-electron chi connectivity index (χ3n) is 3.31. The lowest BCUT2D eigenvalue weighted by Gasteiger charge is -2.24. The molecule has 6 nitrogen and oxygen atoms in total. The molecule has 2 heterocycles. The fraction of sp³-hybridized carbons (Fsp3) is 0.357. The van der Waals surface area contributed by atoms with E-state index in [2.05, 4.69) is 20.5 Å². The van der Waals surface area contributed by atoms with Gasteiger partial charge < -0.3 is 10.1 Å². The number of nitrogens with zero attached hydrogens (tertiary/aromatic N) is 2. The second kappa shape index (κ2) is 5.32. The topological polar surface area (TPSA) is 79.9 Å². The number of para-hydroxylation sites is 1. The van der Waals surface area contributed by atoms with Gasteiger partial charge in [-0.3, -0.25) is 9.89 Å². The van der Waals surface area contributed by atoms with E-state index < -0.39 is 0 Å². The summed E-state index contributed by atoms with van der Waals surface area (Å²) in [5, 5.41) is 9.58. The van der Waals surface area contributed by atoms with Gasteiger partial charge in [0.2, 0.25) is 5.91 Å². The molecule has 0 radical (unpaired) electrons. The third-order valence-corrected chi connectivity index (χ3v) is 3.31. The van der Waals surface area contributed by atoms with Crippen LogP contribution in [0.4, 0.5) is 0 Å². The van der Waals surface area contributed by atoms with Crippen LogP contribution in [0.3, 0.4) is 0 Å². The number of H-pyrrole nitrogens is 1. The van der Waals surface area contributed by atoms with Gasteiger partial charge in [0.25, 0.3) is 0 Å². The van der Waals surface area contributed by atoms with Crippen molar-refractivity contribution in [3.05, 3.63) is 41.5 Å². The summed E-state index contributed by atoms with van der Waals surface area (Å²) in [6.45, 7) is 2.57. The molecule has 1 atom stereocenters. The molecule has 3 rings (SSSR count). The first-order chi connectivity index (χ1) is 9.72. The SMILES string of the molecule is Cc1nc(CNC(=O)[C@@H]2COc3ccccc3C2)n[nH]1. The minimum absolute atomic E-state index is 0.0260. The quantitative estimate of drug-likeness (QED) is 0.873. The first kappa shape index (κ1) is 12.7. The van der Waals surface area contributed by atoms with Gasteiger partial charge in [0, 0.05) is 0 Å². The standard InChI is InChI=1S/C14H16N4O2/c1-9-16-13(18-17-9)7-15-14(19)11-6-10-4-2-3-5-12(10)20-8-11/h2-5,11H,6-8H2,1H3,(H,15,19)(H,16,17,18)/t11-/m0/s1. The van der Waals surface area contributed by atoms with E-state index in [1.54, 1.807) is 0 Å². The minimum atomic E-state index is -0.162. The highest BCUT2D eigenvalue weighted by Crippen LogP contribution is 2.26. The monoisotopic (exact) mass is 272 g/mol. The van der Waals surface area contributed by atoms with Crippen LogP contribution in [-0.2, 0) is 17.8 Å². The fourth-order valence-corrected chi connectivity index (χ4v) is 2.27. The molecule has 2 aromatic rings. The molecule has 1 aliphatic rings. The summed E-state index contributed by atoms with van der Waals surface area (Å²) < 4.78 is 5.62. The molecule has 0 spiro atoms. The van der Waals surface area contributed by atoms with E-state index in [0.717, 1.165) is 17.1 Å². The number of aryl methyl sites for hydroxylation is 1. The van der Waals surface area contributed by atoms with Gasteiger partial charge >= 0.3 is 0 Å². The highest BCUT2D eigenvalue weighted by molar-refractivity contribution is 5.79. The van der Waals surface area contributed by atoms with E-state index in [1.165, 1.54) is 0 Å². The number of nitrogens with one attached hydrogen (secondary N) is 2. The molecule has 0 saturated carbocycles. The first-order valence-corrected chi connectivity index (χ1v) is 6.58. The lowest BCUT2D eigenvalue weighted by atomic mass is 9.96. The number of rotatable bonds is 3. The van der Waals surface area contributed by atoms with E-state index in [9.17, 15) is 4.79 Å². The van der Waals surface area contributed by atoms with E-state index in [0.29, 0.717) is 25.4 Å². The average molecular weight is 272 g/mol. The predicted molar refractivity (Wildman–Crippen MR) is 72.1 cm³/mol. The van der Waals surface area contributed by atoms with Gasteiger partial charge in [-0.1, -0.05) is 18.2 Å². The number of benzene rings is 1. The van der Waals surface area contributed by atoms with Crippen LogP contribution in [0.25, 0.3) is 0 Å². The molecule has 104 valence electrons. The van der Waals surface area contributed by atoms with Gasteiger partial charge in [0.15, 0.2) is 5.82 Å². The summed E-state index contributed by atoms with van der Waals surface area (Å²) in [6, 6.07) is 7.82. The molecule has 2 N–H and O–H groups in total. The second-order valence-electron chi connectivity index (χ2n) is 4.87. The zero-order valence-electron chi connectivity index (χ0n) is 11.2. The smallest absolute Gasteiger partial charge is 0.227 e. The zero-order chi connectivity index (χ0) is 13.9. The Morgan fingerprint density at radius 3 is 3.15 bits per heavy atom. The van der Waals surface area contributed by atoms with Crippen LogP contribution in [0.1, 0.15) is 17.2 Å². The molecule has 1 amide bonds. The predicted octanol–water partition coefficient (Wildman–Crippen LogP) is 0.981. The summed E-state index contributed by atoms with van der Waals surface area (Å²) in [5.74, 6) is 2.02. The lowest BCUT2D eigenvalue weighted by Crippen LogP contribution is -2.37. The molecule has 0 fully saturated rings. The average Bonchev–Trinajstić information content (AvgIpc) is 2.90. The van der Waals surface area contributed by atoms with E-state index in [4.69, 9.17) is 4.74 Å². The van der Waals surface area contributed by atoms with Crippen molar-refractivity contribution in [2.75, 3.05) is 6.61 Å². The molecule has 0 bridgehead atoms. The Labute approximate surface area is 116 Å². The zero-order valence-corrected chi connectivity index (χ0v) is 11.2. The molecule has 1 aromatic heterocycles. The lowest BCUT2D eigenvalue weighted by molar-refractivity contribution is -0.126. The summed E-state index contributed by atoms with van der Waals surface area (Å²) in [5.41, 5.74) is 1.08. The Balaban J connectivity index is 1.59. The Morgan fingerprint density at radius 2 is 2.35 bits per heavy atom. The summed E-state index contributed by atoms with van der Waals surface area (Å²) in [4.78, 5) is 16.3. The van der Waals surface area contributed by atoms with Crippen LogP contribution in [0.2, 0.25) is 0 Å². The number of hydrogen-bond donors (Lipinski definition) is 2. The van der Waals surface area contributed by atoms with Crippen LogP contribution >= 0.6 is 0 Å². The Hall–Kier alpha value is -2.37. The summed E-state index contributed by atoms with van der Waals surface area (Å²) >= 11 is 0. The largest absolute Gasteiger partial charge is 0.492 e. The Kier molecular flexibility index (Phi) is 3.37. The van der Waals surface area contributed by atoms with Crippen molar-refractivity contribution in [2.45, 2.75) is 19.9 Å². The number of fused-ring (bicyclic) bond motifs is 1. The maximum absolute atomic E-state index is 12.1. The van der Waals surface area contributed by atoms with Crippen molar-refractivity contribution < 1.29 is 9.53 Å². The van der Waals surface area contributed by atoms with Crippen molar-refractivity contribution in [3.63, 3.8) is 0 Å². The summed E-state index contributed by atoms with van der Waals surface area (Å²) in [6.07, 6.45) is 0.703. The van der Waals surface area contributed by atoms with E-state index in [1.807, 2.05) is 31.2 Å². The molecule has 0 unspecified atom stereocenters. The number of aromatic nitrogens is 3. The van der Waals surface area contributed by atoms with Crippen molar-refractivity contribution in [1.82, 2.24) is 20.5 Å². The normalized spacial score (nSPS) is 17.1. The van der Waals surface area contributed by atoms with Crippen LogP contribution in [-0.4, -0.2) is 27.7 Å². The van der Waals surface area contributed by atoms with Gasteiger partial charge in [-0.2, -0.15) is 5.10 Å². The number of ether oxygens (including phenoxy) is 1. The molecule has 6 heteroatoms. The molecular weight excluding hydrogens is 256 g/mol. The van der Waals surface area contributed by atoms with Crippen LogP contribution < -0.4 is 10.1 Å². The van der Waals surface area contributed by atoms with Crippen molar-refractivity contribution >= 4 is 5.91 Å². The number of amides is 1. The van der Waals surface area contributed by atoms with Crippen LogP contribution in [0.5, 0.6) is 5.75 Å². The van der Waals surface area contributed by atoms with E-state index in [-0.39, 0.29) is 11.8 Å². The first-order valence-electron chi connectivity index (χ1n) is 6.58. The number of carbonyl (C=O) groups excluding carboxylic acids is 1. The Bertz CT molecular complexity index is 623. The molecule has 0 aliphatic carbocycles. The molecule has 1 aromatic carbocycles. The molecule has 1 aliphatic heterocycles. The van der Waals surface area contributed by atoms with Crippen LogP contribution in [0, 0.1) is 12.8 Å². The van der Waals surface area contributed by atoms with Gasteiger partial charge in [0.1, 0.15) is 18.2 Å². The van der Waals surface area contributed by atoms with Gasteiger partial charge in [-0.15, -0.1) is 0 Å². The number of carbonyl (C=O) groups is 1. The van der Waals surface area contributed by atoms with Gasteiger partial charge in [-0.05, 0) is 25.0 Å². The third kappa shape index (κ3) is 2.64.